The van der Waals surface area contributed by atoms with Crippen molar-refractivity contribution in [2.75, 3.05) is 0 Å². The van der Waals surface area contributed by atoms with E-state index in [0.29, 0.717) is 28.1 Å². The number of fused-ring (bicyclic) bond motifs is 6. The smallest absolute Gasteiger partial charge is 0.261 e. The van der Waals surface area contributed by atoms with Crippen LogP contribution < -0.4 is 0 Å². The number of alkyl halides is 3. The Labute approximate surface area is 244 Å². The first-order valence-electron chi connectivity index (χ1n) is 13.4. The van der Waals surface area contributed by atoms with Crippen molar-refractivity contribution in [1.29, 1.82) is 10.5 Å². The van der Waals surface area contributed by atoms with Gasteiger partial charge in [-0.05, 0) is 59.0 Å². The first kappa shape index (κ1) is 26.2. The molecule has 0 fully saturated rings. The Kier molecular flexibility index (Phi) is 5.93. The summed E-state index contributed by atoms with van der Waals surface area (Å²) in [6.07, 6.45) is 6.55. The van der Waals surface area contributed by atoms with E-state index in [1.807, 2.05) is 68.0 Å². The third-order valence-electron chi connectivity index (χ3n) is 8.16. The van der Waals surface area contributed by atoms with Gasteiger partial charge in [-0.15, -0.1) is 0 Å². The molecule has 0 N–H and O–H groups in total. The second-order valence-corrected chi connectivity index (χ2v) is 10.6. The third-order valence-corrected chi connectivity index (χ3v) is 8.16. The SMILES string of the molecule is Cc1ccc(-c2ccc3c(c2)C(=NC#N)C2C=C4C(=CC32)C(=NC#N)c2cc(-c3ccc(C(F)(F)F)nc3)ccc24)cn1. The molecule has 0 amide bonds. The molecule has 2 aromatic carbocycles. The van der Waals surface area contributed by atoms with Gasteiger partial charge in [-0.2, -0.15) is 33.7 Å². The minimum Gasteiger partial charge on any atom is -0.261 e. The van der Waals surface area contributed by atoms with Crippen LogP contribution in [0.1, 0.15) is 39.6 Å². The molecule has 0 bridgehead atoms. The first-order chi connectivity index (χ1) is 20.8. The highest BCUT2D eigenvalue weighted by molar-refractivity contribution is 6.31. The van der Waals surface area contributed by atoms with Gasteiger partial charge in [0.25, 0.3) is 0 Å². The van der Waals surface area contributed by atoms with Gasteiger partial charge >= 0.3 is 6.18 Å². The summed E-state index contributed by atoms with van der Waals surface area (Å²) in [5, 5.41) is 19.2. The van der Waals surface area contributed by atoms with Crippen molar-refractivity contribution in [3.63, 3.8) is 0 Å². The highest BCUT2D eigenvalue weighted by Gasteiger charge is 2.42. The van der Waals surface area contributed by atoms with E-state index in [1.54, 1.807) is 0 Å². The largest absolute Gasteiger partial charge is 0.433 e. The van der Waals surface area contributed by atoms with Crippen LogP contribution in [0.3, 0.4) is 0 Å². The fraction of sp³-hybridized carbons (Fsp3) is 0.118. The van der Waals surface area contributed by atoms with Crippen molar-refractivity contribution in [2.45, 2.75) is 19.0 Å². The summed E-state index contributed by atoms with van der Waals surface area (Å²) in [6.45, 7) is 1.93. The van der Waals surface area contributed by atoms with E-state index in [0.717, 1.165) is 50.7 Å². The molecule has 0 saturated carbocycles. The quantitative estimate of drug-likeness (QED) is 0.235. The summed E-state index contributed by atoms with van der Waals surface area (Å²) >= 11 is 0. The lowest BCUT2D eigenvalue weighted by molar-refractivity contribution is -0.141. The monoisotopic (exact) mass is 568 g/mol. The van der Waals surface area contributed by atoms with Gasteiger partial charge in [-0.25, -0.2) is 0 Å². The molecule has 6 nitrogen and oxygen atoms in total. The number of nitriles is 2. The number of pyridine rings is 2. The zero-order valence-corrected chi connectivity index (χ0v) is 22.6. The average Bonchev–Trinajstić information content (AvgIpc) is 3.47. The van der Waals surface area contributed by atoms with Gasteiger partial charge in [0.05, 0.1) is 11.4 Å². The number of aliphatic imine (C=N–C) groups is 2. The normalized spacial score (nSPS) is 20.0. The van der Waals surface area contributed by atoms with Gasteiger partial charge in [-0.3, -0.25) is 9.97 Å². The van der Waals surface area contributed by atoms with Gasteiger partial charge in [0.15, 0.2) is 0 Å². The number of aromatic nitrogens is 2. The molecular weight excluding hydrogens is 549 g/mol. The number of halogens is 3. The molecule has 0 saturated heterocycles. The molecule has 0 spiro atoms. The standard InChI is InChI=1S/C34H19F3N6/c1-18-2-3-21(14-40-18)19-4-7-23-25-12-30-26(13-29(25)32(42-16-38)27(23)10-19)24-8-5-20(11-28(24)33(30)43-17-39)22-6-9-31(41-15-22)34(35,36)37/h2-15,25,29H,1H3. The van der Waals surface area contributed by atoms with Crippen molar-refractivity contribution in [3.8, 4) is 34.6 Å². The Bertz CT molecular complexity index is 2040. The van der Waals surface area contributed by atoms with E-state index in [1.165, 1.54) is 12.3 Å². The summed E-state index contributed by atoms with van der Waals surface area (Å²) in [4.78, 5) is 16.4. The van der Waals surface area contributed by atoms with E-state index in [2.05, 4.69) is 38.2 Å². The summed E-state index contributed by atoms with van der Waals surface area (Å²) in [7, 11) is 0. The van der Waals surface area contributed by atoms with Crippen molar-refractivity contribution >= 4 is 17.0 Å². The Morgan fingerprint density at radius 1 is 0.698 bits per heavy atom. The maximum Gasteiger partial charge on any atom is 0.433 e. The van der Waals surface area contributed by atoms with Crippen LogP contribution in [0.4, 0.5) is 13.2 Å². The van der Waals surface area contributed by atoms with Crippen LogP contribution >= 0.6 is 0 Å². The van der Waals surface area contributed by atoms with Crippen LogP contribution in [-0.2, 0) is 6.18 Å². The Hall–Kier alpha value is -5.67. The molecule has 3 aliphatic rings. The molecule has 9 heteroatoms. The van der Waals surface area contributed by atoms with Crippen molar-refractivity contribution < 1.29 is 13.2 Å². The number of rotatable bonds is 2. The summed E-state index contributed by atoms with van der Waals surface area (Å²) < 4.78 is 39.1. The number of allylic oxidation sites excluding steroid dienone is 4. The summed E-state index contributed by atoms with van der Waals surface area (Å²) in [6, 6.07) is 18.0. The topological polar surface area (TPSA) is 98.1 Å². The third kappa shape index (κ3) is 4.25. The van der Waals surface area contributed by atoms with Gasteiger partial charge in [-0.1, -0.05) is 48.6 Å². The van der Waals surface area contributed by atoms with E-state index in [9.17, 15) is 23.7 Å². The molecule has 206 valence electrons. The maximum absolute atomic E-state index is 13.0. The fourth-order valence-corrected chi connectivity index (χ4v) is 6.18. The van der Waals surface area contributed by atoms with E-state index in [4.69, 9.17) is 0 Å². The minimum atomic E-state index is -4.53. The first-order valence-corrected chi connectivity index (χ1v) is 13.4. The summed E-state index contributed by atoms with van der Waals surface area (Å²) in [5.41, 5.74) is 9.38. The predicted molar refractivity (Wildman–Crippen MR) is 156 cm³/mol. The van der Waals surface area contributed by atoms with Crippen molar-refractivity contribution in [3.05, 3.63) is 124 Å². The van der Waals surface area contributed by atoms with E-state index >= 15 is 0 Å². The Balaban J connectivity index is 1.32. The molecule has 2 atom stereocenters. The van der Waals surface area contributed by atoms with Crippen LogP contribution in [0.15, 0.2) is 101 Å². The highest BCUT2D eigenvalue weighted by atomic mass is 19.4. The Morgan fingerprint density at radius 2 is 1.35 bits per heavy atom. The number of nitrogens with zero attached hydrogens (tertiary/aromatic N) is 6. The molecule has 2 unspecified atom stereocenters. The van der Waals surface area contributed by atoms with E-state index in [-0.39, 0.29) is 11.8 Å². The van der Waals surface area contributed by atoms with Gasteiger partial charge in [0, 0.05) is 57.8 Å². The molecule has 4 aromatic rings. The number of hydrogen-bond acceptors (Lipinski definition) is 6. The fourth-order valence-electron chi connectivity index (χ4n) is 6.18. The molecule has 43 heavy (non-hydrogen) atoms. The molecule has 3 aliphatic carbocycles. The number of benzene rings is 2. The predicted octanol–water partition coefficient (Wildman–Crippen LogP) is 7.43. The van der Waals surface area contributed by atoms with Crippen LogP contribution in [-0.4, -0.2) is 21.4 Å². The number of hydrogen-bond donors (Lipinski definition) is 0. The second-order valence-electron chi connectivity index (χ2n) is 10.6. The second kappa shape index (κ2) is 9.71. The van der Waals surface area contributed by atoms with Gasteiger partial charge in [0.1, 0.15) is 5.69 Å². The van der Waals surface area contributed by atoms with Crippen LogP contribution in [0.25, 0.3) is 27.8 Å². The molecule has 7 rings (SSSR count). The zero-order chi connectivity index (χ0) is 29.9. The molecule has 0 radical (unpaired) electrons. The minimum absolute atomic E-state index is 0.122. The molecule has 0 aliphatic heterocycles. The van der Waals surface area contributed by atoms with Crippen molar-refractivity contribution in [1.82, 2.24) is 9.97 Å². The zero-order valence-electron chi connectivity index (χ0n) is 22.6. The number of aryl methyl sites for hydroxylation is 1. The molecular formula is C34H19F3N6. The maximum atomic E-state index is 13.0. The lowest BCUT2D eigenvalue weighted by Gasteiger charge is -2.21. The highest BCUT2D eigenvalue weighted by Crippen LogP contribution is 2.51. The lowest BCUT2D eigenvalue weighted by Crippen LogP contribution is -2.16. The average molecular weight is 569 g/mol. The Morgan fingerprint density at radius 3 is 2.00 bits per heavy atom. The van der Waals surface area contributed by atoms with Gasteiger partial charge in [0.2, 0.25) is 12.4 Å². The van der Waals surface area contributed by atoms with E-state index < -0.39 is 11.9 Å². The lowest BCUT2D eigenvalue weighted by atomic mass is 9.81. The van der Waals surface area contributed by atoms with Crippen LogP contribution in [0.2, 0.25) is 0 Å². The molecule has 2 heterocycles. The summed E-state index contributed by atoms with van der Waals surface area (Å²) in [5.74, 6) is -0.323. The molecule has 2 aromatic heterocycles. The van der Waals surface area contributed by atoms with Gasteiger partial charge < -0.3 is 0 Å². The van der Waals surface area contributed by atoms with Crippen LogP contribution in [0.5, 0.6) is 0 Å². The van der Waals surface area contributed by atoms with Crippen LogP contribution in [0, 0.1) is 35.8 Å². The van der Waals surface area contributed by atoms with Crippen molar-refractivity contribution in [2.24, 2.45) is 15.9 Å².